The van der Waals surface area contributed by atoms with Gasteiger partial charge in [-0.1, -0.05) is 12.1 Å². The van der Waals surface area contributed by atoms with Crippen molar-refractivity contribution in [1.29, 1.82) is 0 Å². The number of anilines is 1. The first kappa shape index (κ1) is 9.39. The van der Waals surface area contributed by atoms with Gasteiger partial charge in [-0.25, -0.2) is 9.37 Å². The highest BCUT2D eigenvalue weighted by Crippen LogP contribution is 2.16. The fraction of sp³-hybridized carbons (Fsp3) is 0. The summed E-state index contributed by atoms with van der Waals surface area (Å²) in [5.74, 6) is -0.266. The third-order valence-corrected chi connectivity index (χ3v) is 1.96. The van der Waals surface area contributed by atoms with Crippen LogP contribution in [0.25, 0.3) is 11.4 Å². The lowest BCUT2D eigenvalue weighted by Gasteiger charge is -2.01. The maximum Gasteiger partial charge on any atom is 0.274 e. The molecule has 0 saturated heterocycles. The number of aromatic nitrogens is 2. The predicted molar refractivity (Wildman–Crippen MR) is 54.7 cm³/mol. The summed E-state index contributed by atoms with van der Waals surface area (Å²) in [6, 6.07) is 6.05. The molecule has 0 aliphatic carbocycles. The normalized spacial score (nSPS) is 10.2. The molecule has 0 bridgehead atoms. The van der Waals surface area contributed by atoms with Crippen molar-refractivity contribution in [2.24, 2.45) is 0 Å². The van der Waals surface area contributed by atoms with Gasteiger partial charge in [-0.3, -0.25) is 4.79 Å². The summed E-state index contributed by atoms with van der Waals surface area (Å²) < 4.78 is 13.3. The number of nitrogens with zero attached hydrogens (tertiary/aromatic N) is 1. The van der Waals surface area contributed by atoms with Crippen molar-refractivity contribution in [3.63, 3.8) is 0 Å². The topological polar surface area (TPSA) is 71.8 Å². The maximum absolute atomic E-state index is 13.3. The summed E-state index contributed by atoms with van der Waals surface area (Å²) in [5.41, 5.74) is 5.09. The highest BCUT2D eigenvalue weighted by atomic mass is 19.1. The number of hydrogen-bond donors (Lipinski definition) is 2. The second-order valence-electron chi connectivity index (χ2n) is 3.00. The van der Waals surface area contributed by atoms with E-state index in [1.165, 1.54) is 18.3 Å². The van der Waals surface area contributed by atoms with Crippen LogP contribution in [0.5, 0.6) is 0 Å². The number of H-pyrrole nitrogens is 1. The standard InChI is InChI=1S/C10H8FN3O/c11-7-4-2-1-3-6(7)9-13-5-8(12)10(15)14-9/h1-5H,12H2,(H,13,14,15). The zero-order chi connectivity index (χ0) is 10.8. The predicted octanol–water partition coefficient (Wildman–Crippen LogP) is 1.16. The number of nitrogen functional groups attached to an aromatic ring is 1. The van der Waals surface area contributed by atoms with E-state index in [4.69, 9.17) is 5.73 Å². The van der Waals surface area contributed by atoms with E-state index in [0.29, 0.717) is 0 Å². The molecule has 0 fully saturated rings. The zero-order valence-corrected chi connectivity index (χ0v) is 7.70. The molecule has 1 aromatic heterocycles. The molecule has 1 aromatic carbocycles. The largest absolute Gasteiger partial charge is 0.393 e. The van der Waals surface area contributed by atoms with Gasteiger partial charge in [0, 0.05) is 0 Å². The van der Waals surface area contributed by atoms with Gasteiger partial charge in [0.05, 0.1) is 11.8 Å². The molecule has 0 aliphatic heterocycles. The lowest BCUT2D eigenvalue weighted by atomic mass is 10.2. The molecule has 1 heterocycles. The van der Waals surface area contributed by atoms with Gasteiger partial charge >= 0.3 is 0 Å². The van der Waals surface area contributed by atoms with Gasteiger partial charge < -0.3 is 10.7 Å². The summed E-state index contributed by atoms with van der Waals surface area (Å²) >= 11 is 0. The molecule has 15 heavy (non-hydrogen) atoms. The van der Waals surface area contributed by atoms with Gasteiger partial charge in [0.2, 0.25) is 0 Å². The lowest BCUT2D eigenvalue weighted by Crippen LogP contribution is -2.13. The second kappa shape index (κ2) is 3.53. The minimum atomic E-state index is -0.469. The Bertz CT molecular complexity index is 550. The van der Waals surface area contributed by atoms with Crippen LogP contribution in [-0.2, 0) is 0 Å². The Kier molecular flexibility index (Phi) is 2.21. The van der Waals surface area contributed by atoms with Gasteiger partial charge in [-0.15, -0.1) is 0 Å². The number of halogens is 1. The molecular weight excluding hydrogens is 197 g/mol. The highest BCUT2D eigenvalue weighted by Gasteiger charge is 2.06. The molecule has 0 saturated carbocycles. The van der Waals surface area contributed by atoms with E-state index in [1.807, 2.05) is 0 Å². The van der Waals surface area contributed by atoms with Crippen molar-refractivity contribution in [1.82, 2.24) is 9.97 Å². The molecule has 4 nitrogen and oxygen atoms in total. The Morgan fingerprint density at radius 1 is 1.33 bits per heavy atom. The van der Waals surface area contributed by atoms with Gasteiger partial charge in [-0.05, 0) is 12.1 Å². The highest BCUT2D eigenvalue weighted by molar-refractivity contribution is 5.56. The van der Waals surface area contributed by atoms with E-state index in [0.717, 1.165) is 0 Å². The van der Waals surface area contributed by atoms with Crippen LogP contribution >= 0.6 is 0 Å². The average molecular weight is 205 g/mol. The first-order valence-electron chi connectivity index (χ1n) is 4.28. The van der Waals surface area contributed by atoms with E-state index >= 15 is 0 Å². The van der Waals surface area contributed by atoms with Crippen LogP contribution in [0, 0.1) is 5.82 Å². The molecule has 2 aromatic rings. The summed E-state index contributed by atoms with van der Waals surface area (Å²) in [4.78, 5) is 17.4. The van der Waals surface area contributed by atoms with Crippen LogP contribution < -0.4 is 11.3 Å². The number of hydrogen-bond acceptors (Lipinski definition) is 3. The second-order valence-corrected chi connectivity index (χ2v) is 3.00. The van der Waals surface area contributed by atoms with Gasteiger partial charge in [-0.2, -0.15) is 0 Å². The van der Waals surface area contributed by atoms with Crippen LogP contribution in [0.15, 0.2) is 35.3 Å². The van der Waals surface area contributed by atoms with Gasteiger partial charge in [0.25, 0.3) is 5.56 Å². The summed E-state index contributed by atoms with van der Waals surface area (Å²) in [7, 11) is 0. The first-order chi connectivity index (χ1) is 7.18. The Morgan fingerprint density at radius 3 is 2.73 bits per heavy atom. The molecule has 3 N–H and O–H groups in total. The summed E-state index contributed by atoms with van der Waals surface area (Å²) in [6.07, 6.45) is 1.21. The van der Waals surface area contributed by atoms with Crippen LogP contribution in [0.3, 0.4) is 0 Å². The van der Waals surface area contributed by atoms with Crippen molar-refractivity contribution >= 4 is 5.69 Å². The van der Waals surface area contributed by atoms with Crippen molar-refractivity contribution in [2.75, 3.05) is 5.73 Å². The number of benzene rings is 1. The summed E-state index contributed by atoms with van der Waals surface area (Å²) in [5, 5.41) is 0. The van der Waals surface area contributed by atoms with Crippen molar-refractivity contribution in [3.8, 4) is 11.4 Å². The third kappa shape index (κ3) is 1.71. The molecule has 0 spiro atoms. The van der Waals surface area contributed by atoms with Crippen LogP contribution in [0.1, 0.15) is 0 Å². The fourth-order valence-electron chi connectivity index (χ4n) is 1.19. The van der Waals surface area contributed by atoms with E-state index in [2.05, 4.69) is 9.97 Å². The fourth-order valence-corrected chi connectivity index (χ4v) is 1.19. The Hall–Kier alpha value is -2.17. The third-order valence-electron chi connectivity index (χ3n) is 1.96. The zero-order valence-electron chi connectivity index (χ0n) is 7.70. The van der Waals surface area contributed by atoms with Crippen LogP contribution in [0.4, 0.5) is 10.1 Å². The molecular formula is C10H8FN3O. The van der Waals surface area contributed by atoms with Crippen molar-refractivity contribution in [3.05, 3.63) is 46.6 Å². The SMILES string of the molecule is Nc1cnc(-c2ccccc2F)[nH]c1=O. The van der Waals surface area contributed by atoms with Crippen LogP contribution in [0.2, 0.25) is 0 Å². The Labute approximate surface area is 84.6 Å². The molecule has 0 unspecified atom stereocenters. The Morgan fingerprint density at radius 2 is 2.07 bits per heavy atom. The molecule has 2 rings (SSSR count). The molecule has 0 atom stereocenters. The van der Waals surface area contributed by atoms with E-state index in [9.17, 15) is 9.18 Å². The first-order valence-corrected chi connectivity index (χ1v) is 4.28. The minimum absolute atomic E-state index is 0.00934. The molecule has 76 valence electrons. The van der Waals surface area contributed by atoms with E-state index < -0.39 is 11.4 Å². The molecule has 0 radical (unpaired) electrons. The van der Waals surface area contributed by atoms with Gasteiger partial charge in [0.1, 0.15) is 17.3 Å². The van der Waals surface area contributed by atoms with Crippen molar-refractivity contribution < 1.29 is 4.39 Å². The number of rotatable bonds is 1. The smallest absolute Gasteiger partial charge is 0.274 e. The van der Waals surface area contributed by atoms with Crippen molar-refractivity contribution in [2.45, 2.75) is 0 Å². The molecule has 0 amide bonds. The average Bonchev–Trinajstić information content (AvgIpc) is 2.23. The lowest BCUT2D eigenvalue weighted by molar-refractivity contribution is 0.630. The quantitative estimate of drug-likeness (QED) is 0.733. The molecule has 5 heteroatoms. The Balaban J connectivity index is 2.60. The number of nitrogens with one attached hydrogen (secondary N) is 1. The summed E-state index contributed by atoms with van der Waals surface area (Å²) in [6.45, 7) is 0. The van der Waals surface area contributed by atoms with Gasteiger partial charge in [0.15, 0.2) is 0 Å². The monoisotopic (exact) mass is 205 g/mol. The van der Waals surface area contributed by atoms with E-state index in [-0.39, 0.29) is 17.1 Å². The maximum atomic E-state index is 13.3. The number of nitrogens with two attached hydrogens (primary N) is 1. The van der Waals surface area contributed by atoms with Crippen LogP contribution in [-0.4, -0.2) is 9.97 Å². The minimum Gasteiger partial charge on any atom is -0.393 e. The number of aromatic amines is 1. The van der Waals surface area contributed by atoms with E-state index in [1.54, 1.807) is 12.1 Å². The molecule has 0 aliphatic rings.